The molecule has 0 aliphatic heterocycles. The van der Waals surface area contributed by atoms with Gasteiger partial charge in [0.15, 0.2) is 0 Å². The van der Waals surface area contributed by atoms with Crippen LogP contribution in [0, 0.1) is 13.8 Å². The van der Waals surface area contributed by atoms with Gasteiger partial charge in [0, 0.05) is 12.6 Å². The van der Waals surface area contributed by atoms with Crippen molar-refractivity contribution in [3.8, 4) is 11.3 Å². The summed E-state index contributed by atoms with van der Waals surface area (Å²) in [5, 5.41) is 3.00. The zero-order valence-corrected chi connectivity index (χ0v) is 9.78. The van der Waals surface area contributed by atoms with Crippen molar-refractivity contribution in [1.82, 2.24) is 9.97 Å². The molecule has 0 aliphatic carbocycles. The van der Waals surface area contributed by atoms with Crippen LogP contribution in [0.25, 0.3) is 11.3 Å². The molecule has 0 amide bonds. The van der Waals surface area contributed by atoms with Crippen LogP contribution in [0.2, 0.25) is 0 Å². The molecule has 16 heavy (non-hydrogen) atoms. The van der Waals surface area contributed by atoms with E-state index in [4.69, 9.17) is 0 Å². The Balaban J connectivity index is 2.54. The van der Waals surface area contributed by atoms with E-state index in [1.807, 2.05) is 13.1 Å². The molecule has 0 unspecified atom stereocenters. The normalized spacial score (nSPS) is 10.2. The molecule has 0 fully saturated rings. The molecular formula is C13H15N3. The summed E-state index contributed by atoms with van der Waals surface area (Å²) in [6.45, 7) is 4.21. The SMILES string of the molecule is CNc1cncc(-c2cccc(C)c2C)n1. The van der Waals surface area contributed by atoms with Crippen molar-refractivity contribution in [3.63, 3.8) is 0 Å². The maximum Gasteiger partial charge on any atom is 0.144 e. The van der Waals surface area contributed by atoms with E-state index in [0.717, 1.165) is 17.1 Å². The number of hydrogen-bond donors (Lipinski definition) is 1. The lowest BCUT2D eigenvalue weighted by Crippen LogP contribution is -1.96. The second kappa shape index (κ2) is 4.31. The topological polar surface area (TPSA) is 37.8 Å². The maximum absolute atomic E-state index is 4.49. The van der Waals surface area contributed by atoms with Gasteiger partial charge in [0.2, 0.25) is 0 Å². The summed E-state index contributed by atoms with van der Waals surface area (Å²) < 4.78 is 0. The van der Waals surface area contributed by atoms with Crippen molar-refractivity contribution in [2.75, 3.05) is 12.4 Å². The lowest BCUT2D eigenvalue weighted by atomic mass is 10.0. The standard InChI is InChI=1S/C13H15N3/c1-9-5-4-6-11(10(9)2)12-7-15-8-13(14-3)16-12/h4-8H,1-3H3,(H,14,16). The van der Waals surface area contributed by atoms with Gasteiger partial charge in [-0.15, -0.1) is 0 Å². The summed E-state index contributed by atoms with van der Waals surface area (Å²) in [6, 6.07) is 6.23. The number of nitrogens with one attached hydrogen (secondary N) is 1. The number of nitrogens with zero attached hydrogens (tertiary/aromatic N) is 2. The molecule has 3 heteroatoms. The second-order valence-corrected chi connectivity index (χ2v) is 3.79. The fraction of sp³-hybridized carbons (Fsp3) is 0.231. The first kappa shape index (κ1) is 10.6. The van der Waals surface area contributed by atoms with Gasteiger partial charge in [-0.1, -0.05) is 18.2 Å². The summed E-state index contributed by atoms with van der Waals surface area (Å²) in [5.41, 5.74) is 4.58. The quantitative estimate of drug-likeness (QED) is 0.833. The Hall–Kier alpha value is -1.90. The summed E-state index contributed by atoms with van der Waals surface area (Å²) in [5.74, 6) is 0.790. The highest BCUT2D eigenvalue weighted by atomic mass is 15.0. The Bertz CT molecular complexity index is 506. The van der Waals surface area contributed by atoms with Crippen LogP contribution < -0.4 is 5.32 Å². The van der Waals surface area contributed by atoms with Crippen LogP contribution in [0.1, 0.15) is 11.1 Å². The van der Waals surface area contributed by atoms with Crippen LogP contribution in [-0.4, -0.2) is 17.0 Å². The number of anilines is 1. The molecule has 2 aromatic rings. The molecule has 0 aliphatic rings. The van der Waals surface area contributed by atoms with E-state index < -0.39 is 0 Å². The summed E-state index contributed by atoms with van der Waals surface area (Å²) in [7, 11) is 1.84. The van der Waals surface area contributed by atoms with Crippen molar-refractivity contribution >= 4 is 5.82 Å². The molecule has 0 saturated heterocycles. The molecule has 0 radical (unpaired) electrons. The van der Waals surface area contributed by atoms with Crippen LogP contribution in [0.15, 0.2) is 30.6 Å². The predicted octanol–water partition coefficient (Wildman–Crippen LogP) is 2.80. The lowest BCUT2D eigenvalue weighted by molar-refractivity contribution is 1.18. The van der Waals surface area contributed by atoms with Crippen LogP contribution in [0.3, 0.4) is 0 Å². The zero-order valence-electron chi connectivity index (χ0n) is 9.78. The molecule has 2 rings (SSSR count). The van der Waals surface area contributed by atoms with Crippen molar-refractivity contribution in [2.45, 2.75) is 13.8 Å². The van der Waals surface area contributed by atoms with E-state index in [9.17, 15) is 0 Å². The van der Waals surface area contributed by atoms with E-state index >= 15 is 0 Å². The van der Waals surface area contributed by atoms with Gasteiger partial charge in [0.25, 0.3) is 0 Å². The predicted molar refractivity (Wildman–Crippen MR) is 66.5 cm³/mol. The van der Waals surface area contributed by atoms with Crippen molar-refractivity contribution in [1.29, 1.82) is 0 Å². The van der Waals surface area contributed by atoms with E-state index in [-0.39, 0.29) is 0 Å². The van der Waals surface area contributed by atoms with Crippen molar-refractivity contribution in [2.24, 2.45) is 0 Å². The number of rotatable bonds is 2. The summed E-state index contributed by atoms with van der Waals surface area (Å²) in [4.78, 5) is 8.67. The highest BCUT2D eigenvalue weighted by Gasteiger charge is 2.05. The molecule has 0 bridgehead atoms. The van der Waals surface area contributed by atoms with Crippen molar-refractivity contribution in [3.05, 3.63) is 41.7 Å². The molecule has 0 spiro atoms. The highest BCUT2D eigenvalue weighted by molar-refractivity contribution is 5.65. The first-order chi connectivity index (χ1) is 7.72. The Morgan fingerprint density at radius 1 is 1.12 bits per heavy atom. The largest absolute Gasteiger partial charge is 0.372 e. The fourth-order valence-corrected chi connectivity index (χ4v) is 1.64. The molecule has 1 N–H and O–H groups in total. The third-order valence-electron chi connectivity index (χ3n) is 2.77. The first-order valence-corrected chi connectivity index (χ1v) is 5.28. The van der Waals surface area contributed by atoms with Gasteiger partial charge in [0.1, 0.15) is 5.82 Å². The minimum Gasteiger partial charge on any atom is -0.372 e. The van der Waals surface area contributed by atoms with E-state index in [1.165, 1.54) is 11.1 Å². The average Bonchev–Trinajstić information content (AvgIpc) is 2.33. The summed E-state index contributed by atoms with van der Waals surface area (Å²) in [6.07, 6.45) is 3.51. The Morgan fingerprint density at radius 3 is 2.69 bits per heavy atom. The number of aromatic nitrogens is 2. The third kappa shape index (κ3) is 1.89. The van der Waals surface area contributed by atoms with Crippen LogP contribution in [-0.2, 0) is 0 Å². The highest BCUT2D eigenvalue weighted by Crippen LogP contribution is 2.23. The zero-order chi connectivity index (χ0) is 11.5. The molecule has 3 nitrogen and oxygen atoms in total. The van der Waals surface area contributed by atoms with Crippen LogP contribution in [0.4, 0.5) is 5.82 Å². The Morgan fingerprint density at radius 2 is 1.94 bits per heavy atom. The lowest BCUT2D eigenvalue weighted by Gasteiger charge is -2.08. The minimum atomic E-state index is 0.790. The molecule has 0 saturated carbocycles. The van der Waals surface area contributed by atoms with Gasteiger partial charge in [-0.2, -0.15) is 0 Å². The third-order valence-corrected chi connectivity index (χ3v) is 2.77. The fourth-order valence-electron chi connectivity index (χ4n) is 1.64. The van der Waals surface area contributed by atoms with Crippen LogP contribution >= 0.6 is 0 Å². The maximum atomic E-state index is 4.49. The molecule has 1 aromatic carbocycles. The van der Waals surface area contributed by atoms with E-state index in [0.29, 0.717) is 0 Å². The van der Waals surface area contributed by atoms with Gasteiger partial charge in [0.05, 0.1) is 18.1 Å². The van der Waals surface area contributed by atoms with Gasteiger partial charge in [-0.25, -0.2) is 4.98 Å². The van der Waals surface area contributed by atoms with Crippen molar-refractivity contribution < 1.29 is 0 Å². The monoisotopic (exact) mass is 213 g/mol. The number of hydrogen-bond acceptors (Lipinski definition) is 3. The average molecular weight is 213 g/mol. The second-order valence-electron chi connectivity index (χ2n) is 3.79. The van der Waals surface area contributed by atoms with Crippen LogP contribution in [0.5, 0.6) is 0 Å². The van der Waals surface area contributed by atoms with E-state index in [1.54, 1.807) is 12.4 Å². The van der Waals surface area contributed by atoms with Gasteiger partial charge in [-0.05, 0) is 25.0 Å². The Labute approximate surface area is 95.6 Å². The number of aryl methyl sites for hydroxylation is 1. The number of benzene rings is 1. The molecule has 0 atom stereocenters. The van der Waals surface area contributed by atoms with Gasteiger partial charge in [-0.3, -0.25) is 4.98 Å². The smallest absolute Gasteiger partial charge is 0.144 e. The molecular weight excluding hydrogens is 198 g/mol. The van der Waals surface area contributed by atoms with Gasteiger partial charge < -0.3 is 5.32 Å². The minimum absolute atomic E-state index is 0.790. The molecule has 1 aromatic heterocycles. The van der Waals surface area contributed by atoms with Gasteiger partial charge >= 0.3 is 0 Å². The summed E-state index contributed by atoms with van der Waals surface area (Å²) >= 11 is 0. The van der Waals surface area contributed by atoms with E-state index in [2.05, 4.69) is 41.3 Å². The Kier molecular flexibility index (Phi) is 2.86. The molecule has 82 valence electrons. The first-order valence-electron chi connectivity index (χ1n) is 5.28. The molecule has 1 heterocycles.